The first-order chi connectivity index (χ1) is 17.3. The summed E-state index contributed by atoms with van der Waals surface area (Å²) in [4.78, 5) is 0. The van der Waals surface area contributed by atoms with Crippen LogP contribution in [-0.2, 0) is 16.9 Å². The molecule has 4 aromatic rings. The molecule has 4 aromatic carbocycles. The van der Waals surface area contributed by atoms with E-state index in [1.54, 1.807) is 0 Å². The lowest BCUT2D eigenvalue weighted by Gasteiger charge is -2.09. The Labute approximate surface area is 211 Å². The van der Waals surface area contributed by atoms with Gasteiger partial charge in [-0.15, -0.1) is 0 Å². The molecule has 0 spiro atoms. The molecule has 0 aliphatic carbocycles. The molecule has 0 bridgehead atoms. The molecule has 1 heterocycles. The Hall–Kier alpha value is -3.72. The number of rotatable bonds is 7. The lowest BCUT2D eigenvalue weighted by molar-refractivity contribution is -0.431. The molecule has 0 radical (unpaired) electrons. The summed E-state index contributed by atoms with van der Waals surface area (Å²) < 4.78 is 40.8. The molecule has 186 valence electrons. The topological polar surface area (TPSA) is 102 Å². The summed E-state index contributed by atoms with van der Waals surface area (Å²) in [6.07, 6.45) is 0. The maximum Gasteiger partial charge on any atom is 0.221 e. The molecule has 0 saturated heterocycles. The number of hydrogen-bond acceptors (Lipinski definition) is 5. The lowest BCUT2D eigenvalue weighted by atomic mass is 9.98. The Morgan fingerprint density at radius 3 is 2.17 bits per heavy atom. The monoisotopic (exact) mass is 504 g/mol. The maximum absolute atomic E-state index is 8.63. The molecule has 1 aliphatic heterocycles. The molecule has 2 N–H and O–H groups in total. The van der Waals surface area contributed by atoms with Gasteiger partial charge in [-0.25, -0.2) is 8.42 Å². The van der Waals surface area contributed by atoms with E-state index in [2.05, 4.69) is 89.6 Å². The van der Waals surface area contributed by atoms with Crippen LogP contribution in [0.15, 0.2) is 84.9 Å². The van der Waals surface area contributed by atoms with E-state index in [9.17, 15) is 0 Å². The van der Waals surface area contributed by atoms with Gasteiger partial charge in [0.2, 0.25) is 21.8 Å². The Morgan fingerprint density at radius 2 is 1.56 bits per heavy atom. The zero-order valence-electron chi connectivity index (χ0n) is 20.1. The van der Waals surface area contributed by atoms with Gasteiger partial charge in [-0.2, -0.15) is 4.58 Å². The third-order valence-electron chi connectivity index (χ3n) is 5.90. The van der Waals surface area contributed by atoms with Gasteiger partial charge in [0.25, 0.3) is 0 Å². The molecule has 1 aliphatic rings. The second-order valence-corrected chi connectivity index (χ2v) is 9.06. The van der Waals surface area contributed by atoms with Crippen molar-refractivity contribution in [2.75, 3.05) is 18.5 Å². The summed E-state index contributed by atoms with van der Waals surface area (Å²) in [5.41, 5.74) is 7.53. The van der Waals surface area contributed by atoms with E-state index in [0.29, 0.717) is 6.61 Å². The minimum Gasteiger partial charge on any atom is -0.726 e. The van der Waals surface area contributed by atoms with Gasteiger partial charge >= 0.3 is 0 Å². The fourth-order valence-electron chi connectivity index (χ4n) is 4.47. The zero-order chi connectivity index (χ0) is 25.7. The fourth-order valence-corrected chi connectivity index (χ4v) is 4.47. The van der Waals surface area contributed by atoms with Crippen LogP contribution in [0.3, 0.4) is 0 Å². The van der Waals surface area contributed by atoms with Crippen LogP contribution < -0.4 is 10.1 Å². The van der Waals surface area contributed by atoms with Crippen molar-refractivity contribution in [3.63, 3.8) is 0 Å². The molecule has 7 nitrogen and oxygen atoms in total. The first-order valence-electron chi connectivity index (χ1n) is 11.7. The Kier molecular flexibility index (Phi) is 7.69. The van der Waals surface area contributed by atoms with Crippen LogP contribution in [0.1, 0.15) is 30.5 Å². The molecular weight excluding hydrogens is 476 g/mol. The van der Waals surface area contributed by atoms with Crippen LogP contribution in [0.25, 0.3) is 10.8 Å². The van der Waals surface area contributed by atoms with Crippen molar-refractivity contribution >= 4 is 38.3 Å². The quantitative estimate of drug-likeness (QED) is 0.199. The van der Waals surface area contributed by atoms with Crippen LogP contribution in [0.2, 0.25) is 0 Å². The van der Waals surface area contributed by atoms with Crippen molar-refractivity contribution in [1.29, 1.82) is 0 Å². The van der Waals surface area contributed by atoms with E-state index in [-0.39, 0.29) is 0 Å². The van der Waals surface area contributed by atoms with E-state index in [4.69, 9.17) is 22.3 Å². The Bertz CT molecular complexity index is 1480. The molecule has 0 unspecified atom stereocenters. The molecule has 0 saturated carbocycles. The fraction of sp³-hybridized carbons (Fsp3) is 0.179. The summed E-state index contributed by atoms with van der Waals surface area (Å²) in [5.74, 6) is 0.917. The van der Waals surface area contributed by atoms with Crippen molar-refractivity contribution in [2.45, 2.75) is 20.4 Å². The summed E-state index contributed by atoms with van der Waals surface area (Å²) in [5, 5.41) is 6.19. The van der Waals surface area contributed by atoms with Gasteiger partial charge in [0.15, 0.2) is 0 Å². The van der Waals surface area contributed by atoms with Gasteiger partial charge in [-0.05, 0) is 67.3 Å². The smallest absolute Gasteiger partial charge is 0.221 e. The molecule has 0 amide bonds. The third kappa shape index (κ3) is 5.91. The van der Waals surface area contributed by atoms with Crippen LogP contribution in [-0.4, -0.2) is 41.0 Å². The maximum atomic E-state index is 8.63. The second-order valence-electron chi connectivity index (χ2n) is 8.21. The van der Waals surface area contributed by atoms with Crippen LogP contribution in [0.4, 0.5) is 11.4 Å². The standard InChI is InChI=1S/C28H26N2O.H2O4S/c1-3-30-26-10-6-8-21-7-5-9-25(27(21)26)28(30)22-13-15-23(16-14-22)29-19-20-11-17-24(18-12-20)31-4-2;1-5(2,3)4/h5-18H,3-4,19H2,1-2H3;(H2,1,2,3,4). The number of nitrogens with zero attached hydrogens (tertiary/aromatic N) is 1. The molecule has 0 aromatic heterocycles. The summed E-state index contributed by atoms with van der Waals surface area (Å²) >= 11 is 0. The van der Waals surface area contributed by atoms with E-state index >= 15 is 0 Å². The Balaban J connectivity index is 0.000000556. The zero-order valence-corrected chi connectivity index (χ0v) is 21.0. The highest BCUT2D eigenvalue weighted by Gasteiger charge is 2.31. The van der Waals surface area contributed by atoms with Crippen LogP contribution >= 0.6 is 0 Å². The van der Waals surface area contributed by atoms with Crippen LogP contribution in [0.5, 0.6) is 5.75 Å². The average Bonchev–Trinajstić information content (AvgIpc) is 3.18. The van der Waals surface area contributed by atoms with Gasteiger partial charge in [0, 0.05) is 23.9 Å². The molecule has 5 rings (SSSR count). The predicted octanol–water partition coefficient (Wildman–Crippen LogP) is 5.37. The summed E-state index contributed by atoms with van der Waals surface area (Å²) in [6.45, 7) is 6.65. The van der Waals surface area contributed by atoms with Gasteiger partial charge in [0.1, 0.15) is 12.3 Å². The number of anilines is 1. The first kappa shape index (κ1) is 25.4. The normalized spacial score (nSPS) is 12.3. The SMILES string of the molecule is CCOc1ccc(CNc2ccc(C3=[N+](CC)c4cccc5cccc3c45)cc2)cc1.O=S(=O)([O-])O. The minimum atomic E-state index is -4.92. The van der Waals surface area contributed by atoms with Crippen molar-refractivity contribution in [1.82, 2.24) is 0 Å². The van der Waals surface area contributed by atoms with Crippen LogP contribution in [0, 0.1) is 0 Å². The number of hydrogen-bond donors (Lipinski definition) is 2. The van der Waals surface area contributed by atoms with Crippen molar-refractivity contribution in [3.8, 4) is 5.75 Å². The molecular formula is C28H28N2O5S. The number of nitrogens with one attached hydrogen (secondary N) is 1. The van der Waals surface area contributed by atoms with Gasteiger partial charge in [-0.3, -0.25) is 4.55 Å². The molecule has 36 heavy (non-hydrogen) atoms. The third-order valence-corrected chi connectivity index (χ3v) is 5.90. The highest BCUT2D eigenvalue weighted by molar-refractivity contribution is 7.79. The van der Waals surface area contributed by atoms with Crippen molar-refractivity contribution in [3.05, 3.63) is 102 Å². The van der Waals surface area contributed by atoms with Crippen molar-refractivity contribution < 1.29 is 26.8 Å². The van der Waals surface area contributed by atoms with Gasteiger partial charge < -0.3 is 14.6 Å². The van der Waals surface area contributed by atoms with Crippen molar-refractivity contribution in [2.24, 2.45) is 0 Å². The van der Waals surface area contributed by atoms with Gasteiger partial charge in [-0.1, -0.05) is 36.4 Å². The van der Waals surface area contributed by atoms with E-state index in [1.807, 2.05) is 19.1 Å². The van der Waals surface area contributed by atoms with Gasteiger partial charge in [0.05, 0.1) is 17.6 Å². The van der Waals surface area contributed by atoms with E-state index < -0.39 is 10.4 Å². The molecule has 0 atom stereocenters. The summed E-state index contributed by atoms with van der Waals surface area (Å²) in [7, 11) is -4.92. The Morgan fingerprint density at radius 1 is 0.917 bits per heavy atom. The number of benzene rings is 4. The lowest BCUT2D eigenvalue weighted by Crippen LogP contribution is -2.15. The summed E-state index contributed by atoms with van der Waals surface area (Å²) in [6, 6.07) is 30.3. The average molecular weight is 505 g/mol. The number of ether oxygens (including phenoxy) is 1. The molecule has 0 fully saturated rings. The minimum absolute atomic E-state index is 0.692. The second kappa shape index (κ2) is 10.9. The van der Waals surface area contributed by atoms with E-state index in [0.717, 1.165) is 24.5 Å². The highest BCUT2D eigenvalue weighted by Crippen LogP contribution is 2.36. The van der Waals surface area contributed by atoms with E-state index in [1.165, 1.54) is 38.9 Å². The predicted molar refractivity (Wildman–Crippen MR) is 141 cm³/mol. The largest absolute Gasteiger partial charge is 0.726 e. The highest BCUT2D eigenvalue weighted by atomic mass is 32.3. The first-order valence-corrected chi connectivity index (χ1v) is 13.1. The molecule has 8 heteroatoms.